The number of amides is 1. The van der Waals surface area contributed by atoms with Crippen molar-refractivity contribution in [3.05, 3.63) is 45.9 Å². The zero-order valence-electron chi connectivity index (χ0n) is 12.0. The topological polar surface area (TPSA) is 102 Å². The Kier molecular flexibility index (Phi) is 4.13. The van der Waals surface area contributed by atoms with Crippen LogP contribution in [0.1, 0.15) is 28.9 Å². The Hall–Kier alpha value is -1.90. The molecule has 0 aliphatic carbocycles. The highest BCUT2D eigenvalue weighted by Gasteiger charge is 2.16. The van der Waals surface area contributed by atoms with Crippen LogP contribution in [0.4, 0.5) is 0 Å². The second kappa shape index (κ2) is 5.95. The maximum absolute atomic E-state index is 11.6. The lowest BCUT2D eigenvalue weighted by molar-refractivity contribution is 0.100. The van der Waals surface area contributed by atoms with E-state index in [0.29, 0.717) is 16.6 Å². The number of primary amides is 1. The predicted molar refractivity (Wildman–Crippen MR) is 91.8 cm³/mol. The Labute approximate surface area is 141 Å². The molecule has 6 nitrogen and oxygen atoms in total. The third-order valence-corrected chi connectivity index (χ3v) is 4.86. The molecule has 1 unspecified atom stereocenters. The molecule has 3 N–H and O–H groups in total. The number of benzene rings is 2. The highest BCUT2D eigenvalue weighted by Crippen LogP contribution is 2.35. The number of nitrogens with one attached hydrogen (secondary N) is 1. The third-order valence-electron chi connectivity index (χ3n) is 3.71. The highest BCUT2D eigenvalue weighted by atomic mass is 79.9. The van der Waals surface area contributed by atoms with Crippen LogP contribution in [0.5, 0.6) is 0 Å². The molecule has 3 rings (SSSR count). The van der Waals surface area contributed by atoms with E-state index >= 15 is 0 Å². The second-order valence-electron chi connectivity index (χ2n) is 5.11. The molecule has 0 fully saturated rings. The molecule has 1 atom stereocenters. The first-order chi connectivity index (χ1) is 10.9. The number of aromatic nitrogens is 1. The summed E-state index contributed by atoms with van der Waals surface area (Å²) < 4.78 is 27.0. The Morgan fingerprint density at radius 1 is 1.30 bits per heavy atom. The minimum atomic E-state index is -2.92. The first-order valence-corrected chi connectivity index (χ1v) is 8.62. The maximum atomic E-state index is 11.6. The molecular weight excluding hydrogens is 384 g/mol. The fourth-order valence-corrected chi connectivity index (χ4v) is 3.56. The van der Waals surface area contributed by atoms with Crippen molar-refractivity contribution >= 4 is 54.6 Å². The van der Waals surface area contributed by atoms with Gasteiger partial charge in [0.25, 0.3) is 16.9 Å². The molecule has 23 heavy (non-hydrogen) atoms. The molecule has 2 aromatic carbocycles. The molecule has 0 radical (unpaired) electrons. The molecule has 1 heterocycles. The van der Waals surface area contributed by atoms with Crippen LogP contribution in [0.3, 0.4) is 0 Å². The number of carbonyl (C=O) groups excluding carboxylic acids is 1. The minimum Gasteiger partial charge on any atom is -0.366 e. The van der Waals surface area contributed by atoms with E-state index in [1.54, 1.807) is 31.2 Å². The monoisotopic (exact) mass is 396 g/mol. The van der Waals surface area contributed by atoms with Gasteiger partial charge in [0.1, 0.15) is 0 Å². The van der Waals surface area contributed by atoms with E-state index in [2.05, 4.69) is 20.9 Å². The number of H-pyrrole nitrogens is 1. The van der Waals surface area contributed by atoms with E-state index in [-0.39, 0.29) is 0 Å². The maximum Gasteiger partial charge on any atom is 0.257 e. The zero-order chi connectivity index (χ0) is 16.7. The van der Waals surface area contributed by atoms with Gasteiger partial charge in [0, 0.05) is 20.8 Å². The summed E-state index contributed by atoms with van der Waals surface area (Å²) in [5.74, 6) is -0.519. The van der Waals surface area contributed by atoms with Gasteiger partial charge in [0.2, 0.25) is 0 Å². The molecule has 0 aliphatic rings. The summed E-state index contributed by atoms with van der Waals surface area (Å²) in [5, 5.41) is 1.75. The van der Waals surface area contributed by atoms with Crippen LogP contribution < -0.4 is 5.73 Å². The van der Waals surface area contributed by atoms with Gasteiger partial charge in [-0.25, -0.2) is 8.42 Å². The lowest BCUT2D eigenvalue weighted by atomic mass is 10.1. The van der Waals surface area contributed by atoms with Crippen LogP contribution in [0.2, 0.25) is 0 Å². The van der Waals surface area contributed by atoms with Crippen molar-refractivity contribution in [1.82, 2.24) is 4.98 Å². The molecule has 120 valence electrons. The predicted octanol–water partition coefficient (Wildman–Crippen LogP) is 2.79. The molecule has 0 saturated carbocycles. The Morgan fingerprint density at radius 2 is 2.04 bits per heavy atom. The van der Waals surface area contributed by atoms with Crippen LogP contribution in [0, 0.1) is 0 Å². The van der Waals surface area contributed by atoms with Crippen LogP contribution >= 0.6 is 15.9 Å². The molecular formula is C15H13BrN2O4S. The largest absolute Gasteiger partial charge is 0.366 e. The molecule has 0 bridgehead atoms. The minimum absolute atomic E-state index is 0.396. The van der Waals surface area contributed by atoms with Crippen LogP contribution in [0.15, 0.2) is 34.8 Å². The van der Waals surface area contributed by atoms with Crippen LogP contribution in [-0.4, -0.2) is 19.3 Å². The average molecular weight is 397 g/mol. The molecule has 0 saturated heterocycles. The van der Waals surface area contributed by atoms with Crippen molar-refractivity contribution in [1.29, 1.82) is 0 Å². The van der Waals surface area contributed by atoms with Crippen molar-refractivity contribution in [2.24, 2.45) is 5.73 Å². The normalized spacial score (nSPS) is 13.0. The summed E-state index contributed by atoms with van der Waals surface area (Å²) in [7, 11) is -2.92. The van der Waals surface area contributed by atoms with Gasteiger partial charge in [-0.1, -0.05) is 28.1 Å². The van der Waals surface area contributed by atoms with Gasteiger partial charge >= 0.3 is 0 Å². The highest BCUT2D eigenvalue weighted by molar-refractivity contribution is 9.10. The molecule has 0 aliphatic heterocycles. The van der Waals surface area contributed by atoms with E-state index in [1.165, 1.54) is 0 Å². The van der Waals surface area contributed by atoms with Crippen LogP contribution in [-0.2, 0) is 15.2 Å². The molecule has 0 spiro atoms. The summed E-state index contributed by atoms with van der Waals surface area (Å²) >= 11 is 3.48. The van der Waals surface area contributed by atoms with Crippen LogP contribution in [0.25, 0.3) is 21.8 Å². The summed E-state index contributed by atoms with van der Waals surface area (Å²) in [6.45, 7) is 1.65. The lowest BCUT2D eigenvalue weighted by Gasteiger charge is -2.08. The summed E-state index contributed by atoms with van der Waals surface area (Å²) in [6.07, 6.45) is -0.592. The summed E-state index contributed by atoms with van der Waals surface area (Å²) in [5.41, 5.74) is 7.94. The standard InChI is InChI=1S/C15H13BrN2O4S/c1-7(22-23(20)21)8-2-3-9-12(6-8)18-14-10(15(17)19)4-5-11(16)13(9)14/h2-7,18,23H,1H3,(H2,17,19). The molecule has 1 amide bonds. The number of aromatic amines is 1. The van der Waals surface area contributed by atoms with Crippen molar-refractivity contribution in [3.8, 4) is 0 Å². The van der Waals surface area contributed by atoms with Gasteiger partial charge in [0.15, 0.2) is 0 Å². The fraction of sp³-hybridized carbons (Fsp3) is 0.133. The van der Waals surface area contributed by atoms with Crippen molar-refractivity contribution in [3.63, 3.8) is 0 Å². The summed E-state index contributed by atoms with van der Waals surface area (Å²) in [4.78, 5) is 14.8. The number of nitrogens with two attached hydrogens (primary N) is 1. The smallest absolute Gasteiger partial charge is 0.257 e. The van der Waals surface area contributed by atoms with E-state index in [4.69, 9.17) is 9.92 Å². The van der Waals surface area contributed by atoms with Gasteiger partial charge in [0.05, 0.1) is 17.2 Å². The number of carbonyl (C=O) groups is 1. The number of hydrogen-bond donors (Lipinski definition) is 3. The SMILES string of the molecule is CC(O[SH](=O)=O)c1ccc2c(c1)[nH]c1c(C(N)=O)ccc(Br)c12. The van der Waals surface area contributed by atoms with E-state index in [9.17, 15) is 13.2 Å². The molecule has 1 aromatic heterocycles. The Balaban J connectivity index is 2.25. The van der Waals surface area contributed by atoms with Crippen molar-refractivity contribution < 1.29 is 17.4 Å². The number of rotatable bonds is 4. The molecule has 3 aromatic rings. The van der Waals surface area contributed by atoms with E-state index < -0.39 is 23.0 Å². The van der Waals surface area contributed by atoms with Gasteiger partial charge in [-0.2, -0.15) is 0 Å². The second-order valence-corrected chi connectivity index (χ2v) is 6.62. The zero-order valence-corrected chi connectivity index (χ0v) is 14.5. The Bertz CT molecular complexity index is 1000. The number of thiol groups is 1. The number of hydrogen-bond acceptors (Lipinski definition) is 4. The quantitative estimate of drug-likeness (QED) is 0.589. The van der Waals surface area contributed by atoms with Crippen molar-refractivity contribution in [2.45, 2.75) is 13.0 Å². The Morgan fingerprint density at radius 3 is 2.70 bits per heavy atom. The molecule has 8 heteroatoms. The van der Waals surface area contributed by atoms with E-state index in [0.717, 1.165) is 20.8 Å². The van der Waals surface area contributed by atoms with Crippen molar-refractivity contribution in [2.75, 3.05) is 0 Å². The lowest BCUT2D eigenvalue weighted by Crippen LogP contribution is -2.11. The van der Waals surface area contributed by atoms with E-state index in [1.807, 2.05) is 6.07 Å². The van der Waals surface area contributed by atoms with Gasteiger partial charge < -0.3 is 10.7 Å². The van der Waals surface area contributed by atoms with Gasteiger partial charge in [-0.15, -0.1) is 0 Å². The average Bonchev–Trinajstić information content (AvgIpc) is 2.85. The summed E-state index contributed by atoms with van der Waals surface area (Å²) in [6, 6.07) is 8.88. The van der Waals surface area contributed by atoms with Gasteiger partial charge in [-0.3, -0.25) is 8.98 Å². The van der Waals surface area contributed by atoms with Gasteiger partial charge in [-0.05, 0) is 30.7 Å². The first kappa shape index (κ1) is 16.0. The number of halogens is 1. The third kappa shape index (κ3) is 2.85. The number of fused-ring (bicyclic) bond motifs is 3. The first-order valence-electron chi connectivity index (χ1n) is 6.73. The fourth-order valence-electron chi connectivity index (χ4n) is 2.64.